The van der Waals surface area contributed by atoms with Gasteiger partial charge in [0.1, 0.15) is 5.78 Å². The van der Waals surface area contributed by atoms with Gasteiger partial charge in [-0.2, -0.15) is 0 Å². The van der Waals surface area contributed by atoms with Crippen molar-refractivity contribution in [3.05, 3.63) is 12.7 Å². The molecule has 1 fully saturated rings. The zero-order chi connectivity index (χ0) is 7.56. The molecule has 1 saturated carbocycles. The summed E-state index contributed by atoms with van der Waals surface area (Å²) in [4.78, 5) is 11.1. The number of carbonyl (C=O) groups excluding carboxylic acids is 1. The Labute approximate surface area is 62.1 Å². The molecule has 2 atom stereocenters. The predicted molar refractivity (Wildman–Crippen MR) is 41.7 cm³/mol. The van der Waals surface area contributed by atoms with E-state index in [1.54, 1.807) is 0 Å². The second kappa shape index (κ2) is 3.00. The molecule has 0 radical (unpaired) electrons. The van der Waals surface area contributed by atoms with Crippen molar-refractivity contribution >= 4 is 5.78 Å². The molecule has 1 nitrogen and oxygen atoms in total. The summed E-state index contributed by atoms with van der Waals surface area (Å²) in [6.45, 7) is 5.79. The highest BCUT2D eigenvalue weighted by atomic mass is 16.1. The van der Waals surface area contributed by atoms with E-state index in [2.05, 4.69) is 13.5 Å². The zero-order valence-electron chi connectivity index (χ0n) is 6.47. The van der Waals surface area contributed by atoms with Crippen LogP contribution in [0.5, 0.6) is 0 Å². The van der Waals surface area contributed by atoms with Gasteiger partial charge in [-0.15, -0.1) is 6.58 Å². The van der Waals surface area contributed by atoms with Crippen molar-refractivity contribution in [3.63, 3.8) is 0 Å². The number of carbonyl (C=O) groups is 1. The molecule has 0 aromatic rings. The Morgan fingerprint density at radius 3 is 2.90 bits per heavy atom. The van der Waals surface area contributed by atoms with Gasteiger partial charge in [-0.3, -0.25) is 4.79 Å². The Balaban J connectivity index is 2.53. The van der Waals surface area contributed by atoms with E-state index in [1.165, 1.54) is 0 Å². The molecule has 0 amide bonds. The summed E-state index contributed by atoms with van der Waals surface area (Å²) in [6.07, 6.45) is 4.60. The first-order valence-corrected chi connectivity index (χ1v) is 3.89. The molecule has 0 N–H and O–H groups in total. The molecule has 0 aromatic heterocycles. The summed E-state index contributed by atoms with van der Waals surface area (Å²) in [7, 11) is 0. The van der Waals surface area contributed by atoms with E-state index in [0.29, 0.717) is 11.7 Å². The lowest BCUT2D eigenvalue weighted by Crippen LogP contribution is -2.10. The molecule has 0 spiro atoms. The normalized spacial score (nSPS) is 32.7. The summed E-state index contributed by atoms with van der Waals surface area (Å²) in [5.41, 5.74) is 0. The van der Waals surface area contributed by atoms with Crippen LogP contribution in [0.4, 0.5) is 0 Å². The topological polar surface area (TPSA) is 17.1 Å². The van der Waals surface area contributed by atoms with Gasteiger partial charge in [0.05, 0.1) is 0 Å². The maximum atomic E-state index is 11.1. The minimum Gasteiger partial charge on any atom is -0.299 e. The first-order valence-electron chi connectivity index (χ1n) is 3.89. The number of ketones is 1. The van der Waals surface area contributed by atoms with Gasteiger partial charge in [0.15, 0.2) is 0 Å². The highest BCUT2D eigenvalue weighted by Crippen LogP contribution is 2.30. The summed E-state index contributed by atoms with van der Waals surface area (Å²) in [5.74, 6) is 1.32. The lowest BCUT2D eigenvalue weighted by atomic mass is 9.94. The summed E-state index contributed by atoms with van der Waals surface area (Å²) in [5, 5.41) is 0. The highest BCUT2D eigenvalue weighted by molar-refractivity contribution is 5.83. The summed E-state index contributed by atoms with van der Waals surface area (Å²) < 4.78 is 0. The number of Topliss-reactive ketones (excluding diaryl/α,β-unsaturated/α-hetero) is 1. The first kappa shape index (κ1) is 7.52. The number of hydrogen-bond acceptors (Lipinski definition) is 1. The third-order valence-corrected chi connectivity index (χ3v) is 2.37. The second-order valence-electron chi connectivity index (χ2n) is 3.11. The van der Waals surface area contributed by atoms with E-state index in [9.17, 15) is 4.79 Å². The molecule has 56 valence electrons. The molecule has 1 heteroatoms. The Morgan fingerprint density at radius 2 is 2.50 bits per heavy atom. The van der Waals surface area contributed by atoms with Crippen LogP contribution >= 0.6 is 0 Å². The van der Waals surface area contributed by atoms with Gasteiger partial charge >= 0.3 is 0 Å². The van der Waals surface area contributed by atoms with Crippen LogP contribution in [0.3, 0.4) is 0 Å². The molecular formula is C9H14O. The van der Waals surface area contributed by atoms with Gasteiger partial charge in [-0.25, -0.2) is 0 Å². The van der Waals surface area contributed by atoms with Crippen LogP contribution in [0, 0.1) is 11.8 Å². The molecule has 0 aromatic carbocycles. The number of rotatable bonds is 2. The average Bonchev–Trinajstić information content (AvgIpc) is 2.20. The largest absolute Gasteiger partial charge is 0.299 e. The van der Waals surface area contributed by atoms with Crippen LogP contribution in [-0.2, 0) is 4.79 Å². The van der Waals surface area contributed by atoms with Gasteiger partial charge < -0.3 is 0 Å². The molecular weight excluding hydrogens is 124 g/mol. The van der Waals surface area contributed by atoms with Gasteiger partial charge in [0, 0.05) is 12.3 Å². The van der Waals surface area contributed by atoms with Crippen molar-refractivity contribution in [3.8, 4) is 0 Å². The van der Waals surface area contributed by atoms with Crippen LogP contribution in [0.1, 0.15) is 26.2 Å². The third kappa shape index (κ3) is 1.28. The molecule has 1 rings (SSSR count). The fraction of sp³-hybridized carbons (Fsp3) is 0.667. The van der Waals surface area contributed by atoms with Crippen LogP contribution < -0.4 is 0 Å². The van der Waals surface area contributed by atoms with Gasteiger partial charge in [-0.05, 0) is 18.8 Å². The SMILES string of the molecule is C=CC[C@H]1C(=O)CC[C@@H]1C. The molecule has 0 saturated heterocycles. The van der Waals surface area contributed by atoms with E-state index in [0.717, 1.165) is 19.3 Å². The Kier molecular flexibility index (Phi) is 2.25. The quantitative estimate of drug-likeness (QED) is 0.534. The lowest BCUT2D eigenvalue weighted by molar-refractivity contribution is -0.121. The number of allylic oxidation sites excluding steroid dienone is 1. The molecule has 1 aliphatic carbocycles. The third-order valence-electron chi connectivity index (χ3n) is 2.37. The zero-order valence-corrected chi connectivity index (χ0v) is 6.47. The van der Waals surface area contributed by atoms with Crippen molar-refractivity contribution in [1.82, 2.24) is 0 Å². The van der Waals surface area contributed by atoms with Crippen LogP contribution in [0.2, 0.25) is 0 Å². The monoisotopic (exact) mass is 138 g/mol. The van der Waals surface area contributed by atoms with E-state index < -0.39 is 0 Å². The molecule has 10 heavy (non-hydrogen) atoms. The predicted octanol–water partition coefficient (Wildman–Crippen LogP) is 2.18. The van der Waals surface area contributed by atoms with Crippen LogP contribution in [0.15, 0.2) is 12.7 Å². The smallest absolute Gasteiger partial charge is 0.136 e. The fourth-order valence-corrected chi connectivity index (χ4v) is 1.62. The van der Waals surface area contributed by atoms with Crippen molar-refractivity contribution < 1.29 is 4.79 Å². The van der Waals surface area contributed by atoms with E-state index in [4.69, 9.17) is 0 Å². The minimum atomic E-state index is 0.289. The van der Waals surface area contributed by atoms with Crippen molar-refractivity contribution in [1.29, 1.82) is 0 Å². The Hall–Kier alpha value is -0.590. The maximum Gasteiger partial charge on any atom is 0.136 e. The number of hydrogen-bond donors (Lipinski definition) is 0. The Morgan fingerprint density at radius 1 is 1.80 bits per heavy atom. The highest BCUT2D eigenvalue weighted by Gasteiger charge is 2.29. The van der Waals surface area contributed by atoms with E-state index in [1.807, 2.05) is 6.08 Å². The van der Waals surface area contributed by atoms with Gasteiger partial charge in [-0.1, -0.05) is 13.0 Å². The van der Waals surface area contributed by atoms with Gasteiger partial charge in [0.25, 0.3) is 0 Å². The fourth-order valence-electron chi connectivity index (χ4n) is 1.62. The summed E-state index contributed by atoms with van der Waals surface area (Å²) >= 11 is 0. The van der Waals surface area contributed by atoms with E-state index >= 15 is 0 Å². The molecule has 0 heterocycles. The first-order chi connectivity index (χ1) is 4.75. The van der Waals surface area contributed by atoms with Gasteiger partial charge in [0.2, 0.25) is 0 Å². The van der Waals surface area contributed by atoms with Crippen LogP contribution in [-0.4, -0.2) is 5.78 Å². The molecule has 1 aliphatic rings. The van der Waals surface area contributed by atoms with Crippen molar-refractivity contribution in [2.24, 2.45) is 11.8 Å². The molecule has 0 aliphatic heterocycles. The van der Waals surface area contributed by atoms with Crippen LogP contribution in [0.25, 0.3) is 0 Å². The summed E-state index contributed by atoms with van der Waals surface area (Å²) in [6, 6.07) is 0. The molecule has 0 unspecified atom stereocenters. The average molecular weight is 138 g/mol. The standard InChI is InChI=1S/C9H14O/c1-3-4-8-7(2)5-6-9(8)10/h3,7-8H,1,4-6H2,2H3/t7-,8+/m0/s1. The Bertz CT molecular complexity index is 149. The maximum absolute atomic E-state index is 11.1. The van der Waals surface area contributed by atoms with Crippen molar-refractivity contribution in [2.45, 2.75) is 26.2 Å². The minimum absolute atomic E-state index is 0.289. The second-order valence-corrected chi connectivity index (χ2v) is 3.11. The van der Waals surface area contributed by atoms with E-state index in [-0.39, 0.29) is 5.92 Å². The molecule has 0 bridgehead atoms. The lowest BCUT2D eigenvalue weighted by Gasteiger charge is -2.09. The van der Waals surface area contributed by atoms with Crippen molar-refractivity contribution in [2.75, 3.05) is 0 Å².